The number of hydrogen-bond acceptors (Lipinski definition) is 2. The third kappa shape index (κ3) is 1.54. The fraction of sp³-hybridized carbons (Fsp3) is 0.909. The third-order valence-corrected chi connectivity index (χ3v) is 3.38. The molecule has 1 spiro atoms. The molecule has 3 heteroatoms. The van der Waals surface area contributed by atoms with Crippen LogP contribution in [0.1, 0.15) is 46.0 Å². The minimum atomic E-state index is -0.119. The van der Waals surface area contributed by atoms with Gasteiger partial charge in [0.1, 0.15) is 0 Å². The molecule has 1 aliphatic carbocycles. The Morgan fingerprint density at radius 3 is 2.71 bits per heavy atom. The average molecular weight is 196 g/mol. The molecule has 2 aliphatic rings. The number of carbonyl (C=O) groups is 1. The van der Waals surface area contributed by atoms with Crippen LogP contribution in [0.4, 0.5) is 0 Å². The Kier molecular flexibility index (Phi) is 2.52. The largest absolute Gasteiger partial charge is 0.326 e. The molecule has 0 bridgehead atoms. The summed E-state index contributed by atoms with van der Waals surface area (Å²) in [6.07, 6.45) is 5.92. The van der Waals surface area contributed by atoms with E-state index in [0.29, 0.717) is 5.91 Å². The van der Waals surface area contributed by atoms with Crippen molar-refractivity contribution in [1.29, 1.82) is 0 Å². The first-order valence-corrected chi connectivity index (χ1v) is 5.78. The molecule has 1 N–H and O–H groups in total. The molecule has 1 atom stereocenters. The van der Waals surface area contributed by atoms with Crippen molar-refractivity contribution in [2.75, 3.05) is 6.54 Å². The molecule has 3 nitrogen and oxygen atoms in total. The van der Waals surface area contributed by atoms with Crippen LogP contribution in [0.5, 0.6) is 0 Å². The van der Waals surface area contributed by atoms with Crippen LogP contribution in [0.3, 0.4) is 0 Å². The maximum absolute atomic E-state index is 12.0. The van der Waals surface area contributed by atoms with Crippen LogP contribution >= 0.6 is 0 Å². The fourth-order valence-electron chi connectivity index (χ4n) is 2.30. The highest BCUT2D eigenvalue weighted by Gasteiger charge is 2.57. The Labute approximate surface area is 85.8 Å². The maximum atomic E-state index is 12.0. The van der Waals surface area contributed by atoms with E-state index < -0.39 is 0 Å². The molecule has 0 aromatic carbocycles. The van der Waals surface area contributed by atoms with Crippen molar-refractivity contribution in [3.05, 3.63) is 0 Å². The summed E-state index contributed by atoms with van der Waals surface area (Å²) in [5.74, 6) is 0.348. The van der Waals surface area contributed by atoms with E-state index in [0.717, 1.165) is 25.8 Å². The molecule has 1 heterocycles. The van der Waals surface area contributed by atoms with Crippen molar-refractivity contribution >= 4 is 5.91 Å². The lowest BCUT2D eigenvalue weighted by atomic mass is 10.2. The summed E-state index contributed by atoms with van der Waals surface area (Å²) in [6.45, 7) is 5.22. The summed E-state index contributed by atoms with van der Waals surface area (Å²) in [5.41, 5.74) is -0.119. The highest BCUT2D eigenvalue weighted by atomic mass is 16.2. The maximum Gasteiger partial charge on any atom is 0.244 e. The average Bonchev–Trinajstić information content (AvgIpc) is 2.88. The van der Waals surface area contributed by atoms with Crippen LogP contribution in [0.2, 0.25) is 0 Å². The summed E-state index contributed by atoms with van der Waals surface area (Å²) in [4.78, 5) is 14.0. The van der Waals surface area contributed by atoms with Crippen molar-refractivity contribution in [3.8, 4) is 0 Å². The van der Waals surface area contributed by atoms with Gasteiger partial charge in [0.25, 0.3) is 0 Å². The van der Waals surface area contributed by atoms with E-state index in [1.807, 2.05) is 4.90 Å². The minimum Gasteiger partial charge on any atom is -0.326 e. The molecule has 1 aliphatic heterocycles. The van der Waals surface area contributed by atoms with Gasteiger partial charge in [0.2, 0.25) is 5.91 Å². The second kappa shape index (κ2) is 3.54. The van der Waals surface area contributed by atoms with Gasteiger partial charge in [0.15, 0.2) is 0 Å². The van der Waals surface area contributed by atoms with E-state index in [4.69, 9.17) is 0 Å². The summed E-state index contributed by atoms with van der Waals surface area (Å²) in [5, 5.41) is 3.41. The molecular weight excluding hydrogens is 176 g/mol. The third-order valence-electron chi connectivity index (χ3n) is 3.38. The van der Waals surface area contributed by atoms with Gasteiger partial charge in [-0.05, 0) is 26.2 Å². The highest BCUT2D eigenvalue weighted by Crippen LogP contribution is 2.41. The Balaban J connectivity index is 1.88. The molecule has 2 rings (SSSR count). The normalized spacial score (nSPS) is 28.9. The number of hydrogen-bond donors (Lipinski definition) is 1. The topological polar surface area (TPSA) is 32.3 Å². The van der Waals surface area contributed by atoms with Crippen molar-refractivity contribution < 1.29 is 4.79 Å². The Morgan fingerprint density at radius 1 is 1.50 bits per heavy atom. The van der Waals surface area contributed by atoms with Gasteiger partial charge in [-0.1, -0.05) is 19.8 Å². The number of nitrogens with one attached hydrogen (secondary N) is 1. The molecule has 14 heavy (non-hydrogen) atoms. The number of nitrogens with zero attached hydrogens (tertiary/aromatic N) is 1. The fourth-order valence-corrected chi connectivity index (χ4v) is 2.30. The second-order valence-electron chi connectivity index (χ2n) is 4.61. The van der Waals surface area contributed by atoms with E-state index in [-0.39, 0.29) is 11.7 Å². The monoisotopic (exact) mass is 196 g/mol. The van der Waals surface area contributed by atoms with Crippen molar-refractivity contribution in [2.24, 2.45) is 0 Å². The van der Waals surface area contributed by atoms with Crippen LogP contribution in [0.25, 0.3) is 0 Å². The Morgan fingerprint density at radius 2 is 2.21 bits per heavy atom. The van der Waals surface area contributed by atoms with Gasteiger partial charge < -0.3 is 4.90 Å². The molecule has 1 saturated heterocycles. The first-order chi connectivity index (χ1) is 6.69. The van der Waals surface area contributed by atoms with E-state index in [9.17, 15) is 4.79 Å². The lowest BCUT2D eigenvalue weighted by Gasteiger charge is -2.20. The highest BCUT2D eigenvalue weighted by molar-refractivity contribution is 5.91. The van der Waals surface area contributed by atoms with Crippen LogP contribution in [0.15, 0.2) is 0 Å². The lowest BCUT2D eigenvalue weighted by Crippen LogP contribution is -2.35. The van der Waals surface area contributed by atoms with Gasteiger partial charge >= 0.3 is 0 Å². The zero-order valence-electron chi connectivity index (χ0n) is 9.18. The van der Waals surface area contributed by atoms with Gasteiger partial charge in [-0.2, -0.15) is 0 Å². The van der Waals surface area contributed by atoms with Crippen LogP contribution in [-0.2, 0) is 4.79 Å². The standard InChI is InChI=1S/C11H20N2O/c1-3-4-5-8-13-9(2)12-11(6-7-11)10(13)14/h9,12H,3-8H2,1-2H3. The Bertz CT molecular complexity index is 235. The summed E-state index contributed by atoms with van der Waals surface area (Å²) >= 11 is 0. The zero-order chi connectivity index (χ0) is 10.2. The summed E-state index contributed by atoms with van der Waals surface area (Å²) in [7, 11) is 0. The first-order valence-electron chi connectivity index (χ1n) is 5.78. The Hall–Kier alpha value is -0.570. The van der Waals surface area contributed by atoms with Gasteiger partial charge in [0.05, 0.1) is 11.7 Å². The lowest BCUT2D eigenvalue weighted by molar-refractivity contribution is -0.130. The molecule has 1 amide bonds. The van der Waals surface area contributed by atoms with Crippen molar-refractivity contribution in [2.45, 2.75) is 57.7 Å². The molecule has 0 aromatic rings. The number of carbonyl (C=O) groups excluding carboxylic acids is 1. The molecule has 0 aromatic heterocycles. The zero-order valence-corrected chi connectivity index (χ0v) is 9.18. The molecule has 1 unspecified atom stereocenters. The smallest absolute Gasteiger partial charge is 0.244 e. The molecule has 0 radical (unpaired) electrons. The van der Waals surface area contributed by atoms with Crippen LogP contribution in [-0.4, -0.2) is 29.1 Å². The number of unbranched alkanes of at least 4 members (excludes halogenated alkanes) is 2. The van der Waals surface area contributed by atoms with Gasteiger partial charge in [-0.25, -0.2) is 0 Å². The predicted octanol–water partition coefficient (Wildman–Crippen LogP) is 1.49. The van der Waals surface area contributed by atoms with Crippen LogP contribution < -0.4 is 5.32 Å². The van der Waals surface area contributed by atoms with E-state index in [1.54, 1.807) is 0 Å². The molecular formula is C11H20N2O. The molecule has 1 saturated carbocycles. The predicted molar refractivity (Wildman–Crippen MR) is 55.8 cm³/mol. The van der Waals surface area contributed by atoms with Crippen molar-refractivity contribution in [1.82, 2.24) is 10.2 Å². The van der Waals surface area contributed by atoms with Gasteiger partial charge in [0, 0.05) is 6.54 Å². The van der Waals surface area contributed by atoms with Gasteiger partial charge in [-0.3, -0.25) is 10.1 Å². The van der Waals surface area contributed by atoms with Crippen molar-refractivity contribution in [3.63, 3.8) is 0 Å². The second-order valence-corrected chi connectivity index (χ2v) is 4.61. The van der Waals surface area contributed by atoms with Gasteiger partial charge in [-0.15, -0.1) is 0 Å². The van der Waals surface area contributed by atoms with E-state index in [1.165, 1.54) is 12.8 Å². The van der Waals surface area contributed by atoms with Crippen LogP contribution in [0, 0.1) is 0 Å². The molecule has 80 valence electrons. The quantitative estimate of drug-likeness (QED) is 0.691. The number of amides is 1. The first kappa shape index (κ1) is 9.97. The number of rotatable bonds is 4. The molecule has 2 fully saturated rings. The van der Waals surface area contributed by atoms with E-state index in [2.05, 4.69) is 19.2 Å². The minimum absolute atomic E-state index is 0.119. The SMILES string of the molecule is CCCCCN1C(=O)C2(CC2)NC1C. The summed E-state index contributed by atoms with van der Waals surface area (Å²) in [6, 6.07) is 0. The summed E-state index contributed by atoms with van der Waals surface area (Å²) < 4.78 is 0. The van der Waals surface area contributed by atoms with E-state index >= 15 is 0 Å².